The SMILES string of the molecule is COC(=O)C1CCN(C(=O)COC(=O)c2ccc(C3SCCS3)cc2)CC1. The van der Waals surface area contributed by atoms with E-state index in [1.165, 1.54) is 12.7 Å². The topological polar surface area (TPSA) is 72.9 Å². The zero-order valence-corrected chi connectivity index (χ0v) is 16.9. The van der Waals surface area contributed by atoms with Crippen molar-refractivity contribution in [3.05, 3.63) is 35.4 Å². The van der Waals surface area contributed by atoms with E-state index >= 15 is 0 Å². The highest BCUT2D eigenvalue weighted by molar-refractivity contribution is 8.19. The molecule has 0 radical (unpaired) electrons. The van der Waals surface area contributed by atoms with Gasteiger partial charge < -0.3 is 14.4 Å². The molecule has 146 valence electrons. The van der Waals surface area contributed by atoms with Gasteiger partial charge in [0.15, 0.2) is 6.61 Å². The number of rotatable bonds is 5. The maximum atomic E-state index is 12.2. The van der Waals surface area contributed by atoms with Crippen molar-refractivity contribution in [3.63, 3.8) is 0 Å². The Labute approximate surface area is 167 Å². The first-order chi connectivity index (χ1) is 13.1. The van der Waals surface area contributed by atoms with Crippen molar-refractivity contribution < 1.29 is 23.9 Å². The molecule has 2 saturated heterocycles. The third kappa shape index (κ3) is 5.19. The summed E-state index contributed by atoms with van der Waals surface area (Å²) in [7, 11) is 1.37. The first-order valence-corrected chi connectivity index (χ1v) is 11.0. The van der Waals surface area contributed by atoms with E-state index in [0.717, 1.165) is 11.5 Å². The van der Waals surface area contributed by atoms with E-state index in [1.54, 1.807) is 17.0 Å². The van der Waals surface area contributed by atoms with Gasteiger partial charge in [0.1, 0.15) is 0 Å². The number of likely N-dealkylation sites (tertiary alicyclic amines) is 1. The minimum atomic E-state index is -0.494. The van der Waals surface area contributed by atoms with E-state index < -0.39 is 5.97 Å². The number of carbonyl (C=O) groups excluding carboxylic acids is 3. The molecule has 0 saturated carbocycles. The molecule has 1 aromatic carbocycles. The van der Waals surface area contributed by atoms with Crippen molar-refractivity contribution in [2.24, 2.45) is 5.92 Å². The van der Waals surface area contributed by atoms with Crippen molar-refractivity contribution in [2.45, 2.75) is 17.4 Å². The molecule has 0 bridgehead atoms. The molecule has 0 atom stereocenters. The molecule has 0 spiro atoms. The van der Waals surface area contributed by atoms with Gasteiger partial charge in [0, 0.05) is 24.6 Å². The zero-order valence-electron chi connectivity index (χ0n) is 15.2. The summed E-state index contributed by atoms with van der Waals surface area (Å²) in [6, 6.07) is 7.41. The average Bonchev–Trinajstić information content (AvgIpc) is 3.26. The van der Waals surface area contributed by atoms with Crippen LogP contribution in [-0.4, -0.2) is 61.1 Å². The van der Waals surface area contributed by atoms with Gasteiger partial charge in [0.2, 0.25) is 0 Å². The Balaban J connectivity index is 1.44. The van der Waals surface area contributed by atoms with E-state index in [-0.39, 0.29) is 24.4 Å². The van der Waals surface area contributed by atoms with Crippen LogP contribution in [0.25, 0.3) is 0 Å². The number of thioether (sulfide) groups is 2. The Hall–Kier alpha value is -1.67. The minimum absolute atomic E-state index is 0.156. The summed E-state index contributed by atoms with van der Waals surface area (Å²) in [5.41, 5.74) is 1.65. The van der Waals surface area contributed by atoms with Gasteiger partial charge in [-0.1, -0.05) is 12.1 Å². The van der Waals surface area contributed by atoms with Gasteiger partial charge in [-0.05, 0) is 30.5 Å². The molecule has 0 aliphatic carbocycles. The summed E-state index contributed by atoms with van der Waals surface area (Å²) in [4.78, 5) is 37.6. The molecule has 3 rings (SSSR count). The van der Waals surface area contributed by atoms with Gasteiger partial charge in [-0.15, -0.1) is 23.5 Å². The summed E-state index contributed by atoms with van der Waals surface area (Å²) >= 11 is 3.82. The van der Waals surface area contributed by atoms with Gasteiger partial charge in [-0.3, -0.25) is 9.59 Å². The fourth-order valence-corrected chi connectivity index (χ4v) is 6.02. The minimum Gasteiger partial charge on any atom is -0.469 e. The van der Waals surface area contributed by atoms with Crippen LogP contribution >= 0.6 is 23.5 Å². The number of ether oxygens (including phenoxy) is 2. The standard InChI is InChI=1S/C19H23NO5S2/c1-24-17(22)14-6-8-20(9-7-14)16(21)12-25-18(23)13-2-4-15(5-3-13)19-26-10-11-27-19/h2-5,14,19H,6-12H2,1H3. The van der Waals surface area contributed by atoms with Crippen LogP contribution in [0.5, 0.6) is 0 Å². The molecule has 27 heavy (non-hydrogen) atoms. The number of carbonyl (C=O) groups is 3. The first-order valence-electron chi connectivity index (χ1n) is 8.94. The summed E-state index contributed by atoms with van der Waals surface area (Å²) in [5.74, 6) is 1.19. The average molecular weight is 410 g/mol. The van der Waals surface area contributed by atoms with Crippen molar-refractivity contribution in [1.82, 2.24) is 4.90 Å². The van der Waals surface area contributed by atoms with Gasteiger partial charge in [0.25, 0.3) is 5.91 Å². The van der Waals surface area contributed by atoms with E-state index in [0.29, 0.717) is 36.1 Å². The van der Waals surface area contributed by atoms with Gasteiger partial charge in [-0.25, -0.2) is 4.79 Å². The molecular formula is C19H23NO5S2. The summed E-state index contributed by atoms with van der Waals surface area (Å²) in [6.07, 6.45) is 1.15. The first kappa shape index (κ1) is 20.1. The lowest BCUT2D eigenvalue weighted by Crippen LogP contribution is -2.42. The Morgan fingerprint density at radius 1 is 1.07 bits per heavy atom. The number of amides is 1. The van der Waals surface area contributed by atoms with Crippen LogP contribution in [-0.2, 0) is 19.1 Å². The van der Waals surface area contributed by atoms with Crippen LogP contribution in [0.2, 0.25) is 0 Å². The Morgan fingerprint density at radius 3 is 2.30 bits per heavy atom. The Morgan fingerprint density at radius 2 is 1.70 bits per heavy atom. The fraction of sp³-hybridized carbons (Fsp3) is 0.526. The van der Waals surface area contributed by atoms with Crippen LogP contribution in [0.3, 0.4) is 0 Å². The molecule has 0 N–H and O–H groups in total. The lowest BCUT2D eigenvalue weighted by molar-refractivity contribution is -0.149. The van der Waals surface area contributed by atoms with E-state index in [1.807, 2.05) is 35.7 Å². The molecule has 1 aromatic rings. The molecule has 2 aliphatic rings. The second kappa shape index (κ2) is 9.50. The molecule has 2 heterocycles. The van der Waals surface area contributed by atoms with E-state index in [2.05, 4.69) is 0 Å². The quantitative estimate of drug-likeness (QED) is 0.692. The number of hydrogen-bond acceptors (Lipinski definition) is 7. The number of esters is 2. The third-order valence-electron chi connectivity index (χ3n) is 4.75. The molecule has 0 unspecified atom stereocenters. The van der Waals surface area contributed by atoms with Gasteiger partial charge in [0.05, 0.1) is 23.2 Å². The van der Waals surface area contributed by atoms with Crippen LogP contribution in [0.15, 0.2) is 24.3 Å². The van der Waals surface area contributed by atoms with Gasteiger partial charge >= 0.3 is 11.9 Å². The van der Waals surface area contributed by atoms with Crippen molar-refractivity contribution in [1.29, 1.82) is 0 Å². The third-order valence-corrected chi connectivity index (χ3v) is 7.85. The number of piperidine rings is 1. The normalized spacial score (nSPS) is 18.3. The maximum absolute atomic E-state index is 12.2. The molecule has 1 amide bonds. The Bertz CT molecular complexity index is 680. The molecule has 6 nitrogen and oxygen atoms in total. The molecule has 2 fully saturated rings. The second-order valence-electron chi connectivity index (χ2n) is 6.45. The van der Waals surface area contributed by atoms with Crippen molar-refractivity contribution in [2.75, 3.05) is 38.3 Å². The molecule has 0 aromatic heterocycles. The van der Waals surface area contributed by atoms with E-state index in [4.69, 9.17) is 9.47 Å². The predicted molar refractivity (Wildman–Crippen MR) is 106 cm³/mol. The van der Waals surface area contributed by atoms with Crippen molar-refractivity contribution >= 4 is 41.4 Å². The van der Waals surface area contributed by atoms with Crippen LogP contribution in [0.1, 0.15) is 33.3 Å². The van der Waals surface area contributed by atoms with Crippen LogP contribution in [0, 0.1) is 5.92 Å². The lowest BCUT2D eigenvalue weighted by Gasteiger charge is -2.30. The molecular weight excluding hydrogens is 386 g/mol. The lowest BCUT2D eigenvalue weighted by atomic mass is 9.97. The van der Waals surface area contributed by atoms with E-state index in [9.17, 15) is 14.4 Å². The highest BCUT2D eigenvalue weighted by Crippen LogP contribution is 2.45. The monoisotopic (exact) mass is 409 g/mol. The summed E-state index contributed by atoms with van der Waals surface area (Å²) in [6.45, 7) is 0.668. The fourth-order valence-electron chi connectivity index (χ4n) is 3.16. The number of methoxy groups -OCH3 is 1. The summed E-state index contributed by atoms with van der Waals surface area (Å²) < 4.78 is 10.3. The molecule has 8 heteroatoms. The summed E-state index contributed by atoms with van der Waals surface area (Å²) in [5, 5.41) is 0. The number of nitrogens with zero attached hydrogens (tertiary/aromatic N) is 1. The largest absolute Gasteiger partial charge is 0.469 e. The maximum Gasteiger partial charge on any atom is 0.338 e. The van der Waals surface area contributed by atoms with Crippen LogP contribution < -0.4 is 0 Å². The predicted octanol–water partition coefficient (Wildman–Crippen LogP) is 2.73. The number of hydrogen-bond donors (Lipinski definition) is 0. The van der Waals surface area contributed by atoms with Gasteiger partial charge in [-0.2, -0.15) is 0 Å². The molecule has 2 aliphatic heterocycles. The Kier molecular flexibility index (Phi) is 7.07. The smallest absolute Gasteiger partial charge is 0.338 e. The second-order valence-corrected chi connectivity index (χ2v) is 9.17. The highest BCUT2D eigenvalue weighted by Gasteiger charge is 2.28. The van der Waals surface area contributed by atoms with Crippen LogP contribution in [0.4, 0.5) is 0 Å². The van der Waals surface area contributed by atoms with Crippen molar-refractivity contribution in [3.8, 4) is 0 Å². The number of benzene rings is 1. The zero-order chi connectivity index (χ0) is 19.2. The highest BCUT2D eigenvalue weighted by atomic mass is 32.2.